The molecule has 1 saturated heterocycles. The molecule has 6 nitrogen and oxygen atoms in total. The zero-order chi connectivity index (χ0) is 25.4. The normalized spacial score (nSPS) is 15.8. The van der Waals surface area contributed by atoms with Crippen LogP contribution < -0.4 is 9.80 Å². The van der Waals surface area contributed by atoms with E-state index in [4.69, 9.17) is 4.98 Å². The van der Waals surface area contributed by atoms with Crippen LogP contribution in [0.1, 0.15) is 43.1 Å². The highest BCUT2D eigenvalue weighted by atomic mass is 16.2. The Balaban J connectivity index is 1.51. The summed E-state index contributed by atoms with van der Waals surface area (Å²) in [6.45, 7) is 8.85. The number of aromatic nitrogens is 2. The second-order valence-electron chi connectivity index (χ2n) is 9.88. The number of hydrogen-bond acceptors (Lipinski definition) is 3. The highest BCUT2D eigenvalue weighted by molar-refractivity contribution is 5.98. The minimum atomic E-state index is -0.0964. The predicted octanol–water partition coefficient (Wildman–Crippen LogP) is 5.62. The SMILES string of the molecule is Cc1cccc(C)c1N1C[C@H](c2nc3ccccc3n2CC(=O)N(c2ccccc2)C(C)C)CC1=O. The van der Waals surface area contributed by atoms with Gasteiger partial charge >= 0.3 is 0 Å². The number of para-hydroxylation sites is 4. The maximum Gasteiger partial charge on any atom is 0.247 e. The molecule has 0 aliphatic carbocycles. The number of fused-ring (bicyclic) bond motifs is 1. The first kappa shape index (κ1) is 23.8. The first-order chi connectivity index (χ1) is 17.3. The number of amides is 2. The molecule has 0 saturated carbocycles. The zero-order valence-corrected chi connectivity index (χ0v) is 21.3. The van der Waals surface area contributed by atoms with Crippen molar-refractivity contribution in [3.8, 4) is 0 Å². The average molecular weight is 481 g/mol. The predicted molar refractivity (Wildman–Crippen MR) is 144 cm³/mol. The largest absolute Gasteiger partial charge is 0.318 e. The van der Waals surface area contributed by atoms with Crippen molar-refractivity contribution in [2.24, 2.45) is 0 Å². The van der Waals surface area contributed by atoms with Gasteiger partial charge < -0.3 is 14.4 Å². The minimum Gasteiger partial charge on any atom is -0.318 e. The summed E-state index contributed by atoms with van der Waals surface area (Å²) in [6.07, 6.45) is 0.373. The molecular formula is C30H32N4O2. The molecule has 184 valence electrons. The number of benzene rings is 3. The van der Waals surface area contributed by atoms with E-state index in [2.05, 4.69) is 0 Å². The highest BCUT2D eigenvalue weighted by Crippen LogP contribution is 2.36. The van der Waals surface area contributed by atoms with Crippen LogP contribution in [-0.2, 0) is 16.1 Å². The van der Waals surface area contributed by atoms with E-state index < -0.39 is 0 Å². The topological polar surface area (TPSA) is 58.4 Å². The molecule has 1 atom stereocenters. The molecule has 36 heavy (non-hydrogen) atoms. The smallest absolute Gasteiger partial charge is 0.247 e. The van der Waals surface area contributed by atoms with Crippen LogP contribution in [0.2, 0.25) is 0 Å². The van der Waals surface area contributed by atoms with Crippen molar-refractivity contribution in [1.82, 2.24) is 9.55 Å². The molecular weight excluding hydrogens is 448 g/mol. The van der Waals surface area contributed by atoms with Gasteiger partial charge in [0.15, 0.2) is 0 Å². The molecule has 0 spiro atoms. The van der Waals surface area contributed by atoms with Gasteiger partial charge in [0.2, 0.25) is 11.8 Å². The number of nitrogens with zero attached hydrogens (tertiary/aromatic N) is 4. The first-order valence-corrected chi connectivity index (χ1v) is 12.5. The van der Waals surface area contributed by atoms with E-state index in [1.165, 1.54) is 0 Å². The summed E-state index contributed by atoms with van der Waals surface area (Å²) in [6, 6.07) is 23.8. The third kappa shape index (κ3) is 4.28. The van der Waals surface area contributed by atoms with Crippen molar-refractivity contribution >= 4 is 34.2 Å². The van der Waals surface area contributed by atoms with E-state index in [1.807, 2.05) is 115 Å². The number of hydrogen-bond donors (Lipinski definition) is 0. The van der Waals surface area contributed by atoms with Crippen molar-refractivity contribution in [2.45, 2.75) is 52.6 Å². The van der Waals surface area contributed by atoms with E-state index in [0.29, 0.717) is 13.0 Å². The minimum absolute atomic E-state index is 0.00321. The van der Waals surface area contributed by atoms with Crippen molar-refractivity contribution in [2.75, 3.05) is 16.3 Å². The molecule has 0 N–H and O–H groups in total. The van der Waals surface area contributed by atoms with E-state index >= 15 is 0 Å². The Hall–Kier alpha value is -3.93. The number of carbonyl (C=O) groups excluding carboxylic acids is 2. The number of aryl methyl sites for hydroxylation is 2. The summed E-state index contributed by atoms with van der Waals surface area (Å²) < 4.78 is 2.02. The van der Waals surface area contributed by atoms with Crippen LogP contribution in [0.5, 0.6) is 0 Å². The number of carbonyl (C=O) groups is 2. The van der Waals surface area contributed by atoms with Gasteiger partial charge in [-0.3, -0.25) is 9.59 Å². The van der Waals surface area contributed by atoms with E-state index in [-0.39, 0.29) is 30.3 Å². The zero-order valence-electron chi connectivity index (χ0n) is 21.3. The molecule has 5 rings (SSSR count). The fourth-order valence-electron chi connectivity index (χ4n) is 5.43. The Morgan fingerprint density at radius 3 is 2.33 bits per heavy atom. The van der Waals surface area contributed by atoms with Gasteiger partial charge in [0.25, 0.3) is 0 Å². The lowest BCUT2D eigenvalue weighted by molar-refractivity contribution is -0.119. The van der Waals surface area contributed by atoms with Gasteiger partial charge in [-0.2, -0.15) is 0 Å². The van der Waals surface area contributed by atoms with Gasteiger partial charge in [0.05, 0.1) is 11.0 Å². The lowest BCUT2D eigenvalue weighted by Crippen LogP contribution is -2.39. The number of imidazole rings is 1. The van der Waals surface area contributed by atoms with Gasteiger partial charge in [-0.05, 0) is 63.1 Å². The maximum atomic E-state index is 13.7. The quantitative estimate of drug-likeness (QED) is 0.360. The Labute approximate surface area is 212 Å². The van der Waals surface area contributed by atoms with Gasteiger partial charge in [-0.1, -0.05) is 48.5 Å². The Morgan fingerprint density at radius 2 is 1.64 bits per heavy atom. The fourth-order valence-corrected chi connectivity index (χ4v) is 5.43. The summed E-state index contributed by atoms with van der Waals surface area (Å²) in [4.78, 5) is 35.6. The van der Waals surface area contributed by atoms with Gasteiger partial charge in [-0.25, -0.2) is 4.98 Å². The van der Waals surface area contributed by atoms with Gasteiger partial charge in [-0.15, -0.1) is 0 Å². The van der Waals surface area contributed by atoms with Crippen molar-refractivity contribution < 1.29 is 9.59 Å². The van der Waals surface area contributed by atoms with Crippen LogP contribution in [0.25, 0.3) is 11.0 Å². The Morgan fingerprint density at radius 1 is 0.972 bits per heavy atom. The average Bonchev–Trinajstić information content (AvgIpc) is 3.40. The molecule has 1 fully saturated rings. The molecule has 1 aliphatic heterocycles. The molecule has 0 radical (unpaired) electrons. The van der Waals surface area contributed by atoms with Crippen LogP contribution in [0.4, 0.5) is 11.4 Å². The molecule has 6 heteroatoms. The summed E-state index contributed by atoms with van der Waals surface area (Å²) in [5.74, 6) is 0.788. The van der Waals surface area contributed by atoms with E-state index in [0.717, 1.165) is 39.4 Å². The first-order valence-electron chi connectivity index (χ1n) is 12.5. The fraction of sp³-hybridized carbons (Fsp3) is 0.300. The Bertz CT molecular complexity index is 1400. The molecule has 4 aromatic rings. The van der Waals surface area contributed by atoms with E-state index in [9.17, 15) is 9.59 Å². The summed E-state index contributed by atoms with van der Waals surface area (Å²) >= 11 is 0. The van der Waals surface area contributed by atoms with Gasteiger partial charge in [0.1, 0.15) is 12.4 Å². The van der Waals surface area contributed by atoms with Crippen LogP contribution in [0, 0.1) is 13.8 Å². The molecule has 3 aromatic carbocycles. The standard InChI is InChI=1S/C30H32N4O2/c1-20(2)34(24-13-6-5-7-14-24)28(36)19-32-26-16-9-8-15-25(26)31-30(32)23-17-27(35)33(18-23)29-21(3)11-10-12-22(29)4/h5-16,20,23H,17-19H2,1-4H3/t23-/m1/s1. The lowest BCUT2D eigenvalue weighted by Gasteiger charge is -2.28. The van der Waals surface area contributed by atoms with Crippen molar-refractivity contribution in [3.05, 3.63) is 89.7 Å². The number of anilines is 2. The summed E-state index contributed by atoms with van der Waals surface area (Å²) in [7, 11) is 0. The monoisotopic (exact) mass is 480 g/mol. The third-order valence-corrected chi connectivity index (χ3v) is 7.00. The summed E-state index contributed by atoms with van der Waals surface area (Å²) in [5, 5.41) is 0. The number of rotatable bonds is 6. The lowest BCUT2D eigenvalue weighted by atomic mass is 10.1. The highest BCUT2D eigenvalue weighted by Gasteiger charge is 2.36. The van der Waals surface area contributed by atoms with Crippen LogP contribution in [-0.4, -0.2) is 34.0 Å². The second-order valence-corrected chi connectivity index (χ2v) is 9.88. The molecule has 0 unspecified atom stereocenters. The van der Waals surface area contributed by atoms with Crippen LogP contribution in [0.3, 0.4) is 0 Å². The maximum absolute atomic E-state index is 13.7. The molecule has 1 aliphatic rings. The Kier molecular flexibility index (Phi) is 6.35. The molecule has 1 aromatic heterocycles. The van der Waals surface area contributed by atoms with Crippen molar-refractivity contribution in [3.63, 3.8) is 0 Å². The van der Waals surface area contributed by atoms with Crippen molar-refractivity contribution in [1.29, 1.82) is 0 Å². The van der Waals surface area contributed by atoms with E-state index in [1.54, 1.807) is 0 Å². The van der Waals surface area contributed by atoms with Crippen LogP contribution in [0.15, 0.2) is 72.8 Å². The van der Waals surface area contributed by atoms with Gasteiger partial charge in [0, 0.05) is 36.3 Å². The molecule has 0 bridgehead atoms. The third-order valence-electron chi connectivity index (χ3n) is 7.00. The van der Waals surface area contributed by atoms with Crippen LogP contribution >= 0.6 is 0 Å². The molecule has 2 amide bonds. The summed E-state index contributed by atoms with van der Waals surface area (Å²) in [5.41, 5.74) is 5.79. The molecule has 2 heterocycles. The second kappa shape index (κ2) is 9.61.